The van der Waals surface area contributed by atoms with Crippen molar-refractivity contribution in [3.8, 4) is 0 Å². The number of anilines is 1. The van der Waals surface area contributed by atoms with Gasteiger partial charge in [0.25, 0.3) is 0 Å². The van der Waals surface area contributed by atoms with Gasteiger partial charge in [-0.25, -0.2) is 0 Å². The third kappa shape index (κ3) is 1.67. The van der Waals surface area contributed by atoms with Gasteiger partial charge in [0.2, 0.25) is 0 Å². The standard InChI is InChI=1S/C5H4Cl3N3/c1-9-3-2(6)4(7)10-11-5(3)8/h1H3,(H,9,10). The molecule has 0 saturated carbocycles. The highest BCUT2D eigenvalue weighted by molar-refractivity contribution is 6.44. The molecule has 1 N–H and O–H groups in total. The van der Waals surface area contributed by atoms with E-state index in [1.807, 2.05) is 0 Å². The van der Waals surface area contributed by atoms with Crippen LogP contribution in [0.4, 0.5) is 5.69 Å². The first-order valence-electron chi connectivity index (χ1n) is 2.71. The van der Waals surface area contributed by atoms with Crippen LogP contribution in [-0.2, 0) is 0 Å². The third-order valence-electron chi connectivity index (χ3n) is 1.08. The lowest BCUT2D eigenvalue weighted by Gasteiger charge is -2.03. The summed E-state index contributed by atoms with van der Waals surface area (Å²) in [6.07, 6.45) is 0. The Morgan fingerprint density at radius 1 is 1.09 bits per heavy atom. The monoisotopic (exact) mass is 211 g/mol. The Kier molecular flexibility index (Phi) is 2.76. The summed E-state index contributed by atoms with van der Waals surface area (Å²) in [5, 5.41) is 10.4. The average molecular weight is 212 g/mol. The molecule has 0 atom stereocenters. The molecule has 0 amide bonds. The fourth-order valence-electron chi connectivity index (χ4n) is 0.588. The van der Waals surface area contributed by atoms with Crippen molar-refractivity contribution < 1.29 is 0 Å². The van der Waals surface area contributed by atoms with Gasteiger partial charge < -0.3 is 5.32 Å². The maximum Gasteiger partial charge on any atom is 0.176 e. The predicted molar refractivity (Wildman–Crippen MR) is 46.6 cm³/mol. The lowest BCUT2D eigenvalue weighted by molar-refractivity contribution is 1.03. The number of rotatable bonds is 1. The fraction of sp³-hybridized carbons (Fsp3) is 0.200. The summed E-state index contributed by atoms with van der Waals surface area (Å²) in [6, 6.07) is 0. The summed E-state index contributed by atoms with van der Waals surface area (Å²) in [5.74, 6) is 0. The molecule has 1 rings (SSSR count). The van der Waals surface area contributed by atoms with Gasteiger partial charge in [0.1, 0.15) is 5.02 Å². The lowest BCUT2D eigenvalue weighted by Crippen LogP contribution is -1.95. The zero-order valence-electron chi connectivity index (χ0n) is 5.53. The first-order valence-corrected chi connectivity index (χ1v) is 3.85. The molecule has 0 aliphatic heterocycles. The second kappa shape index (κ2) is 3.43. The molecular formula is C5H4Cl3N3. The highest BCUT2D eigenvalue weighted by Crippen LogP contribution is 2.31. The Morgan fingerprint density at radius 3 is 2.09 bits per heavy atom. The second-order valence-electron chi connectivity index (χ2n) is 1.72. The van der Waals surface area contributed by atoms with Crippen molar-refractivity contribution in [2.24, 2.45) is 0 Å². The molecule has 6 heteroatoms. The van der Waals surface area contributed by atoms with Gasteiger partial charge in [-0.2, -0.15) is 0 Å². The van der Waals surface area contributed by atoms with Crippen LogP contribution in [0.25, 0.3) is 0 Å². The van der Waals surface area contributed by atoms with E-state index in [1.165, 1.54) is 0 Å². The van der Waals surface area contributed by atoms with E-state index in [4.69, 9.17) is 34.8 Å². The molecule has 0 unspecified atom stereocenters. The van der Waals surface area contributed by atoms with Crippen molar-refractivity contribution in [2.75, 3.05) is 12.4 Å². The molecular weight excluding hydrogens is 208 g/mol. The minimum absolute atomic E-state index is 0.139. The number of hydrogen-bond donors (Lipinski definition) is 1. The van der Waals surface area contributed by atoms with Gasteiger partial charge >= 0.3 is 0 Å². The molecule has 1 aromatic heterocycles. The Labute approximate surface area is 78.7 Å². The smallest absolute Gasteiger partial charge is 0.176 e. The van der Waals surface area contributed by atoms with Crippen LogP contribution in [0.3, 0.4) is 0 Å². The summed E-state index contributed by atoms with van der Waals surface area (Å²) >= 11 is 16.9. The molecule has 0 saturated heterocycles. The average Bonchev–Trinajstić information content (AvgIpc) is 1.99. The quantitative estimate of drug-likeness (QED) is 0.777. The largest absolute Gasteiger partial charge is 0.384 e. The van der Waals surface area contributed by atoms with E-state index < -0.39 is 0 Å². The zero-order chi connectivity index (χ0) is 8.43. The Hall–Kier alpha value is -0.250. The van der Waals surface area contributed by atoms with Crippen LogP contribution in [0.15, 0.2) is 0 Å². The molecule has 0 fully saturated rings. The van der Waals surface area contributed by atoms with E-state index in [0.717, 1.165) is 0 Å². The number of nitrogens with one attached hydrogen (secondary N) is 1. The van der Waals surface area contributed by atoms with Gasteiger partial charge in [-0.05, 0) is 0 Å². The molecule has 11 heavy (non-hydrogen) atoms. The minimum Gasteiger partial charge on any atom is -0.384 e. The van der Waals surface area contributed by atoms with E-state index in [2.05, 4.69) is 15.5 Å². The van der Waals surface area contributed by atoms with Crippen molar-refractivity contribution >= 4 is 40.5 Å². The fourth-order valence-corrected chi connectivity index (χ4v) is 1.22. The zero-order valence-corrected chi connectivity index (χ0v) is 7.80. The van der Waals surface area contributed by atoms with Crippen LogP contribution in [0.5, 0.6) is 0 Å². The Morgan fingerprint density at radius 2 is 1.64 bits per heavy atom. The van der Waals surface area contributed by atoms with Crippen LogP contribution in [0.2, 0.25) is 15.3 Å². The topological polar surface area (TPSA) is 37.8 Å². The number of hydrogen-bond acceptors (Lipinski definition) is 3. The summed E-state index contributed by atoms with van der Waals surface area (Å²) in [5.41, 5.74) is 0.494. The molecule has 0 radical (unpaired) electrons. The van der Waals surface area contributed by atoms with Crippen molar-refractivity contribution in [1.29, 1.82) is 0 Å². The number of halogens is 3. The van der Waals surface area contributed by atoms with Gasteiger partial charge in [0.15, 0.2) is 10.3 Å². The van der Waals surface area contributed by atoms with E-state index >= 15 is 0 Å². The maximum atomic E-state index is 5.72. The molecule has 0 bridgehead atoms. The van der Waals surface area contributed by atoms with Gasteiger partial charge in [0.05, 0.1) is 5.69 Å². The van der Waals surface area contributed by atoms with E-state index in [1.54, 1.807) is 7.05 Å². The summed E-state index contributed by atoms with van der Waals surface area (Å²) in [6.45, 7) is 0. The third-order valence-corrected chi connectivity index (χ3v) is 2.08. The molecule has 0 aromatic carbocycles. The van der Waals surface area contributed by atoms with Crippen molar-refractivity contribution in [2.45, 2.75) is 0 Å². The predicted octanol–water partition coefficient (Wildman–Crippen LogP) is 2.48. The van der Waals surface area contributed by atoms with E-state index in [9.17, 15) is 0 Å². The molecule has 1 heterocycles. The normalized spacial score (nSPS) is 9.82. The van der Waals surface area contributed by atoms with Crippen molar-refractivity contribution in [3.05, 3.63) is 15.3 Å². The van der Waals surface area contributed by atoms with E-state index in [-0.39, 0.29) is 15.3 Å². The molecule has 60 valence electrons. The van der Waals surface area contributed by atoms with Crippen LogP contribution >= 0.6 is 34.8 Å². The SMILES string of the molecule is CNc1c(Cl)nnc(Cl)c1Cl. The van der Waals surface area contributed by atoms with Crippen molar-refractivity contribution in [3.63, 3.8) is 0 Å². The molecule has 0 aliphatic carbocycles. The van der Waals surface area contributed by atoms with Crippen LogP contribution in [-0.4, -0.2) is 17.2 Å². The van der Waals surface area contributed by atoms with Gasteiger partial charge in [-0.15, -0.1) is 10.2 Å². The second-order valence-corrected chi connectivity index (χ2v) is 2.81. The van der Waals surface area contributed by atoms with Crippen LogP contribution in [0, 0.1) is 0 Å². The molecule has 1 aromatic rings. The van der Waals surface area contributed by atoms with Crippen molar-refractivity contribution in [1.82, 2.24) is 10.2 Å². The summed E-state index contributed by atoms with van der Waals surface area (Å²) in [4.78, 5) is 0. The van der Waals surface area contributed by atoms with Gasteiger partial charge in [0, 0.05) is 7.05 Å². The van der Waals surface area contributed by atoms with E-state index in [0.29, 0.717) is 5.69 Å². The van der Waals surface area contributed by atoms with Crippen LogP contribution < -0.4 is 5.32 Å². The minimum atomic E-state index is 0.139. The highest BCUT2D eigenvalue weighted by Gasteiger charge is 2.09. The Balaban J connectivity index is 3.29. The molecule has 3 nitrogen and oxygen atoms in total. The van der Waals surface area contributed by atoms with Gasteiger partial charge in [-0.1, -0.05) is 34.8 Å². The number of nitrogens with zero attached hydrogens (tertiary/aromatic N) is 2. The first-order chi connectivity index (χ1) is 5.16. The first kappa shape index (κ1) is 8.84. The Bertz CT molecular complexity index is 276. The summed E-state index contributed by atoms with van der Waals surface area (Å²) in [7, 11) is 1.67. The van der Waals surface area contributed by atoms with Gasteiger partial charge in [-0.3, -0.25) is 0 Å². The maximum absolute atomic E-state index is 5.72. The highest BCUT2D eigenvalue weighted by atomic mass is 35.5. The summed E-state index contributed by atoms with van der Waals surface area (Å²) < 4.78 is 0. The number of aromatic nitrogens is 2. The molecule has 0 spiro atoms. The molecule has 0 aliphatic rings. The lowest BCUT2D eigenvalue weighted by atomic mass is 10.5. The van der Waals surface area contributed by atoms with Crippen LogP contribution in [0.1, 0.15) is 0 Å².